The van der Waals surface area contributed by atoms with E-state index in [4.69, 9.17) is 9.47 Å². The van der Waals surface area contributed by atoms with Gasteiger partial charge in [-0.2, -0.15) is 13.2 Å². The lowest BCUT2D eigenvalue weighted by Gasteiger charge is -2.37. The number of carbonyl (C=O) groups excluding carboxylic acids is 1. The van der Waals surface area contributed by atoms with Gasteiger partial charge in [0.05, 0.1) is 11.1 Å². The van der Waals surface area contributed by atoms with Gasteiger partial charge in [-0.3, -0.25) is 0 Å². The molecule has 0 saturated carbocycles. The molecule has 0 unspecified atom stereocenters. The first-order valence-corrected chi connectivity index (χ1v) is 11.3. The first-order chi connectivity index (χ1) is 17.6. The summed E-state index contributed by atoms with van der Waals surface area (Å²) in [7, 11) is 0. The molecule has 0 atom stereocenters. The maximum absolute atomic E-state index is 13.5. The average molecular weight is 500 g/mol. The minimum Gasteiger partial charge on any atom is -0.508 e. The van der Waals surface area contributed by atoms with Crippen molar-refractivity contribution in [2.24, 2.45) is 0 Å². The number of halogens is 3. The maximum Gasteiger partial charge on any atom is 0.416 e. The summed E-state index contributed by atoms with van der Waals surface area (Å²) >= 11 is 0. The van der Waals surface area contributed by atoms with Crippen LogP contribution in [-0.4, -0.2) is 16.2 Å². The smallest absolute Gasteiger partial charge is 0.416 e. The van der Waals surface area contributed by atoms with Gasteiger partial charge in [0.15, 0.2) is 5.60 Å². The van der Waals surface area contributed by atoms with E-state index in [1.807, 2.05) is 0 Å². The summed E-state index contributed by atoms with van der Waals surface area (Å²) in [5.74, 6) is -0.123. The highest BCUT2D eigenvalue weighted by atomic mass is 19.4. The number of fused-ring (bicyclic) bond motifs is 8. The fourth-order valence-electron chi connectivity index (χ4n) is 5.36. The van der Waals surface area contributed by atoms with Gasteiger partial charge in [0.2, 0.25) is 0 Å². The topological polar surface area (TPSA) is 76.0 Å². The van der Waals surface area contributed by atoms with Crippen LogP contribution in [0.15, 0.2) is 78.9 Å². The summed E-state index contributed by atoms with van der Waals surface area (Å²) in [6, 6.07) is 19.5. The largest absolute Gasteiger partial charge is 0.508 e. The molecule has 2 N–H and O–H groups in total. The van der Waals surface area contributed by atoms with Crippen molar-refractivity contribution < 1.29 is 37.7 Å². The third-order valence-corrected chi connectivity index (χ3v) is 7.01. The molecule has 5 aromatic carbocycles. The molecule has 37 heavy (non-hydrogen) atoms. The number of benzene rings is 5. The molecule has 5 nitrogen and oxygen atoms in total. The number of rotatable bonds is 0. The van der Waals surface area contributed by atoms with Crippen LogP contribution in [-0.2, 0) is 16.5 Å². The maximum atomic E-state index is 13.5. The van der Waals surface area contributed by atoms with Crippen molar-refractivity contribution in [1.82, 2.24) is 0 Å². The second-order valence-corrected chi connectivity index (χ2v) is 9.19. The van der Waals surface area contributed by atoms with Gasteiger partial charge < -0.3 is 19.7 Å². The van der Waals surface area contributed by atoms with Crippen molar-refractivity contribution in [1.29, 1.82) is 0 Å². The molecule has 5 aromatic rings. The van der Waals surface area contributed by atoms with Crippen LogP contribution in [0.1, 0.15) is 32.6 Å². The Balaban J connectivity index is 1.59. The van der Waals surface area contributed by atoms with Gasteiger partial charge in [-0.05, 0) is 82.2 Å². The highest BCUT2D eigenvalue weighted by molar-refractivity contribution is 5.99. The first kappa shape index (κ1) is 21.6. The van der Waals surface area contributed by atoms with Crippen LogP contribution in [0.5, 0.6) is 23.0 Å². The van der Waals surface area contributed by atoms with E-state index in [0.717, 1.165) is 12.1 Å². The zero-order valence-corrected chi connectivity index (χ0v) is 18.8. The molecular weight excluding hydrogens is 485 g/mol. The molecule has 0 fully saturated rings. The molecular formula is C29H15F3O5. The predicted molar refractivity (Wildman–Crippen MR) is 128 cm³/mol. The van der Waals surface area contributed by atoms with E-state index in [1.165, 1.54) is 18.2 Å². The summed E-state index contributed by atoms with van der Waals surface area (Å²) in [5.41, 5.74) is -1.53. The van der Waals surface area contributed by atoms with Crippen LogP contribution in [0.3, 0.4) is 0 Å². The normalized spacial score (nSPS) is 15.3. The Morgan fingerprint density at radius 2 is 1.22 bits per heavy atom. The van der Waals surface area contributed by atoms with E-state index in [1.54, 1.807) is 48.5 Å². The summed E-state index contributed by atoms with van der Waals surface area (Å²) in [4.78, 5) is 13.2. The molecule has 0 radical (unpaired) electrons. The standard InChI is InChI=1S/C29H15F3O5/c30-29(31,32)18-3-6-22-21(13-18)27(35)37-28(22)23-9-14-1-4-19(33)7-16(14)11-25(23)36-26-12-17-8-20(34)5-2-15(17)10-24(26)28/h1-13,33-34H. The Hall–Kier alpha value is -4.72. The van der Waals surface area contributed by atoms with Crippen LogP contribution in [0.2, 0.25) is 0 Å². The molecule has 1 spiro atoms. The van der Waals surface area contributed by atoms with Crippen molar-refractivity contribution in [3.63, 3.8) is 0 Å². The summed E-state index contributed by atoms with van der Waals surface area (Å²) in [6.45, 7) is 0. The quantitative estimate of drug-likeness (QED) is 0.224. The van der Waals surface area contributed by atoms with Crippen LogP contribution >= 0.6 is 0 Å². The third-order valence-electron chi connectivity index (χ3n) is 7.01. The summed E-state index contributed by atoms with van der Waals surface area (Å²) in [5, 5.41) is 22.7. The first-order valence-electron chi connectivity index (χ1n) is 11.3. The number of phenolic OH excluding ortho intramolecular Hbond substituents is 2. The molecule has 2 heterocycles. The molecule has 0 saturated heterocycles. The lowest BCUT2D eigenvalue weighted by molar-refractivity contribution is -0.137. The Kier molecular flexibility index (Phi) is 4.04. The molecule has 0 amide bonds. The van der Waals surface area contributed by atoms with Gasteiger partial charge in [-0.15, -0.1) is 0 Å². The lowest BCUT2D eigenvalue weighted by atomic mass is 9.76. The predicted octanol–water partition coefficient (Wildman–Crippen LogP) is 6.99. The molecule has 0 aliphatic carbocycles. The van der Waals surface area contributed by atoms with E-state index in [-0.39, 0.29) is 22.6 Å². The number of hydrogen-bond donors (Lipinski definition) is 2. The minimum absolute atomic E-state index is 0.0529. The Morgan fingerprint density at radius 3 is 1.76 bits per heavy atom. The summed E-state index contributed by atoms with van der Waals surface area (Å²) in [6.07, 6.45) is -4.63. The van der Waals surface area contributed by atoms with Crippen LogP contribution < -0.4 is 4.74 Å². The van der Waals surface area contributed by atoms with E-state index in [0.29, 0.717) is 44.2 Å². The zero-order chi connectivity index (χ0) is 25.7. The average Bonchev–Trinajstić information content (AvgIpc) is 3.14. The van der Waals surface area contributed by atoms with Gasteiger partial charge in [0.25, 0.3) is 0 Å². The van der Waals surface area contributed by atoms with Crippen LogP contribution in [0, 0.1) is 0 Å². The zero-order valence-electron chi connectivity index (χ0n) is 18.8. The molecule has 2 aliphatic rings. The van der Waals surface area contributed by atoms with E-state index >= 15 is 0 Å². The van der Waals surface area contributed by atoms with Crippen LogP contribution in [0.4, 0.5) is 13.2 Å². The van der Waals surface area contributed by atoms with Gasteiger partial charge in [0, 0.05) is 16.7 Å². The molecule has 182 valence electrons. The van der Waals surface area contributed by atoms with Crippen molar-refractivity contribution >= 4 is 27.5 Å². The van der Waals surface area contributed by atoms with E-state index in [9.17, 15) is 28.2 Å². The van der Waals surface area contributed by atoms with Gasteiger partial charge in [-0.1, -0.05) is 18.2 Å². The monoisotopic (exact) mass is 500 g/mol. The Morgan fingerprint density at radius 1 is 0.649 bits per heavy atom. The highest BCUT2D eigenvalue weighted by Crippen LogP contribution is 2.58. The fourth-order valence-corrected chi connectivity index (χ4v) is 5.36. The molecule has 0 bridgehead atoms. The lowest BCUT2D eigenvalue weighted by Crippen LogP contribution is -2.33. The van der Waals surface area contributed by atoms with Crippen LogP contribution in [0.25, 0.3) is 21.5 Å². The second kappa shape index (κ2) is 6.94. The Labute approximate surface area is 206 Å². The number of phenols is 2. The third kappa shape index (κ3) is 2.95. The number of alkyl halides is 3. The number of carbonyl (C=O) groups is 1. The fraction of sp³-hybridized carbons (Fsp3) is 0.0690. The molecule has 8 heteroatoms. The van der Waals surface area contributed by atoms with E-state index in [2.05, 4.69) is 0 Å². The Bertz CT molecular complexity index is 1730. The molecule has 2 aliphatic heterocycles. The van der Waals surface area contributed by atoms with Gasteiger partial charge in [-0.25, -0.2) is 4.79 Å². The highest BCUT2D eigenvalue weighted by Gasteiger charge is 2.54. The van der Waals surface area contributed by atoms with Gasteiger partial charge >= 0.3 is 12.1 Å². The SMILES string of the molecule is O=C1OC2(c3cc4ccc(O)cc4cc3Oc3cc4cc(O)ccc4cc32)c2ccc(C(F)(F)F)cc21. The summed E-state index contributed by atoms with van der Waals surface area (Å²) < 4.78 is 52.8. The number of aromatic hydroxyl groups is 2. The number of ether oxygens (including phenoxy) is 2. The van der Waals surface area contributed by atoms with Crippen molar-refractivity contribution in [3.05, 3.63) is 107 Å². The van der Waals surface area contributed by atoms with E-state index < -0.39 is 23.3 Å². The number of hydrogen-bond acceptors (Lipinski definition) is 5. The second-order valence-electron chi connectivity index (χ2n) is 9.19. The number of esters is 1. The van der Waals surface area contributed by atoms with Crippen molar-refractivity contribution in [2.75, 3.05) is 0 Å². The molecule has 7 rings (SSSR count). The molecule has 0 aromatic heterocycles. The van der Waals surface area contributed by atoms with Crippen molar-refractivity contribution in [2.45, 2.75) is 11.8 Å². The minimum atomic E-state index is -4.63. The van der Waals surface area contributed by atoms with Crippen molar-refractivity contribution in [3.8, 4) is 23.0 Å². The van der Waals surface area contributed by atoms with Gasteiger partial charge in [0.1, 0.15) is 23.0 Å².